The van der Waals surface area contributed by atoms with Crippen LogP contribution in [0.3, 0.4) is 0 Å². The van der Waals surface area contributed by atoms with E-state index in [0.29, 0.717) is 5.56 Å². The van der Waals surface area contributed by atoms with Crippen LogP contribution in [-0.2, 0) is 0 Å². The zero-order valence-electron chi connectivity index (χ0n) is 9.52. The van der Waals surface area contributed by atoms with Crippen molar-refractivity contribution in [1.29, 1.82) is 0 Å². The van der Waals surface area contributed by atoms with Crippen LogP contribution >= 0.6 is 0 Å². The smallest absolute Gasteiger partial charge is 0.168 e. The topological polar surface area (TPSA) is 78.7 Å². The van der Waals surface area contributed by atoms with Gasteiger partial charge in [0.05, 0.1) is 6.54 Å². The maximum atomic E-state index is 11.6. The highest BCUT2D eigenvalue weighted by molar-refractivity contribution is 5.98. The van der Waals surface area contributed by atoms with Crippen molar-refractivity contribution >= 4 is 5.78 Å². The van der Waals surface area contributed by atoms with Crippen molar-refractivity contribution in [3.8, 4) is 11.1 Å². The van der Waals surface area contributed by atoms with Crippen molar-refractivity contribution in [3.05, 3.63) is 64.8 Å². The fraction of sp³-hybridized carbons (Fsp3) is 0.0769. The molecule has 0 aliphatic carbocycles. The van der Waals surface area contributed by atoms with E-state index in [4.69, 9.17) is 5.53 Å². The zero-order chi connectivity index (χ0) is 12.8. The second kappa shape index (κ2) is 5.61. The molecule has 0 atom stereocenters. The van der Waals surface area contributed by atoms with Gasteiger partial charge in [0.15, 0.2) is 5.78 Å². The molecule has 0 bridgehead atoms. The molecule has 1 heterocycles. The summed E-state index contributed by atoms with van der Waals surface area (Å²) < 4.78 is 0. The highest BCUT2D eigenvalue weighted by Crippen LogP contribution is 2.18. The van der Waals surface area contributed by atoms with Crippen LogP contribution in [0.5, 0.6) is 0 Å². The zero-order valence-corrected chi connectivity index (χ0v) is 9.52. The lowest BCUT2D eigenvalue weighted by molar-refractivity contribution is 0.100. The summed E-state index contributed by atoms with van der Waals surface area (Å²) in [6.45, 7) is -0.150. The predicted molar refractivity (Wildman–Crippen MR) is 68.0 cm³/mol. The van der Waals surface area contributed by atoms with Gasteiger partial charge in [-0.25, -0.2) is 0 Å². The highest BCUT2D eigenvalue weighted by atomic mass is 16.1. The molecular weight excluding hydrogens is 228 g/mol. The van der Waals surface area contributed by atoms with Gasteiger partial charge in [-0.1, -0.05) is 35.4 Å². The van der Waals surface area contributed by atoms with E-state index < -0.39 is 0 Å². The molecule has 5 heteroatoms. The van der Waals surface area contributed by atoms with Gasteiger partial charge in [-0.2, -0.15) is 0 Å². The number of hydrogen-bond acceptors (Lipinski definition) is 3. The van der Waals surface area contributed by atoms with Crippen molar-refractivity contribution < 1.29 is 4.79 Å². The van der Waals surface area contributed by atoms with Crippen LogP contribution in [0.15, 0.2) is 53.9 Å². The summed E-state index contributed by atoms with van der Waals surface area (Å²) in [5.74, 6) is -0.189. The normalized spacial score (nSPS) is 9.56. The number of Topliss-reactive ketones (excluding diaryl/α,β-unsaturated/α-hetero) is 1. The molecule has 0 unspecified atom stereocenters. The van der Waals surface area contributed by atoms with Gasteiger partial charge >= 0.3 is 0 Å². The van der Waals surface area contributed by atoms with Crippen molar-refractivity contribution in [3.63, 3.8) is 0 Å². The standard InChI is InChI=1S/C13H10N4O/c14-17-16-9-13(18)11-5-3-10(4-6-11)12-2-1-7-15-8-12/h1-8H,9H2. The molecule has 1 aromatic carbocycles. The fourth-order valence-electron chi connectivity index (χ4n) is 1.57. The molecule has 0 saturated heterocycles. The Bertz CT molecular complexity index is 586. The molecule has 0 amide bonds. The lowest BCUT2D eigenvalue weighted by Crippen LogP contribution is -2.02. The number of aromatic nitrogens is 1. The predicted octanol–water partition coefficient (Wildman–Crippen LogP) is 3.24. The van der Waals surface area contributed by atoms with Gasteiger partial charge in [-0.15, -0.1) is 0 Å². The van der Waals surface area contributed by atoms with E-state index in [1.807, 2.05) is 24.3 Å². The molecule has 0 fully saturated rings. The van der Waals surface area contributed by atoms with Gasteiger partial charge in [0.2, 0.25) is 0 Å². The van der Waals surface area contributed by atoms with Crippen LogP contribution in [0.1, 0.15) is 10.4 Å². The van der Waals surface area contributed by atoms with Gasteiger partial charge < -0.3 is 0 Å². The van der Waals surface area contributed by atoms with Gasteiger partial charge in [-0.05, 0) is 22.7 Å². The molecule has 0 aliphatic heterocycles. The van der Waals surface area contributed by atoms with Gasteiger partial charge in [0.25, 0.3) is 0 Å². The third kappa shape index (κ3) is 2.72. The Hall–Kier alpha value is -2.65. The second-order valence-electron chi connectivity index (χ2n) is 3.63. The summed E-state index contributed by atoms with van der Waals surface area (Å²) in [5.41, 5.74) is 10.7. The number of hydrogen-bond donors (Lipinski definition) is 0. The van der Waals surface area contributed by atoms with E-state index in [1.165, 1.54) is 0 Å². The van der Waals surface area contributed by atoms with Gasteiger partial charge in [0.1, 0.15) is 0 Å². The third-order valence-corrected chi connectivity index (χ3v) is 2.48. The van der Waals surface area contributed by atoms with Crippen LogP contribution in [-0.4, -0.2) is 17.3 Å². The molecule has 0 spiro atoms. The van der Waals surface area contributed by atoms with Crippen molar-refractivity contribution in [2.45, 2.75) is 0 Å². The quantitative estimate of drug-likeness (QED) is 0.354. The highest BCUT2D eigenvalue weighted by Gasteiger charge is 2.04. The number of ketones is 1. The molecule has 0 radical (unpaired) electrons. The maximum Gasteiger partial charge on any atom is 0.168 e. The summed E-state index contributed by atoms with van der Waals surface area (Å²) in [6.07, 6.45) is 3.47. The molecule has 1 aromatic heterocycles. The third-order valence-electron chi connectivity index (χ3n) is 2.48. The summed E-state index contributed by atoms with van der Waals surface area (Å²) >= 11 is 0. The summed E-state index contributed by atoms with van der Waals surface area (Å²) in [6, 6.07) is 10.9. The minimum atomic E-state index is -0.189. The van der Waals surface area contributed by atoms with Crippen molar-refractivity contribution in [2.24, 2.45) is 5.11 Å². The Morgan fingerprint density at radius 1 is 1.22 bits per heavy atom. The molecule has 88 valence electrons. The number of azide groups is 1. The number of rotatable bonds is 4. The fourth-order valence-corrected chi connectivity index (χ4v) is 1.57. The van der Waals surface area contributed by atoms with E-state index in [9.17, 15) is 4.79 Å². The first-order valence-electron chi connectivity index (χ1n) is 5.36. The van der Waals surface area contributed by atoms with Crippen molar-refractivity contribution in [2.75, 3.05) is 6.54 Å². The molecule has 0 saturated carbocycles. The molecule has 2 rings (SSSR count). The monoisotopic (exact) mass is 238 g/mol. The van der Waals surface area contributed by atoms with E-state index in [1.54, 1.807) is 24.5 Å². The Morgan fingerprint density at radius 2 is 2.00 bits per heavy atom. The minimum absolute atomic E-state index is 0.150. The summed E-state index contributed by atoms with van der Waals surface area (Å²) in [5, 5.41) is 3.25. The van der Waals surface area contributed by atoms with E-state index in [0.717, 1.165) is 11.1 Å². The van der Waals surface area contributed by atoms with Gasteiger partial charge in [0, 0.05) is 22.9 Å². The van der Waals surface area contributed by atoms with Crippen LogP contribution in [0.25, 0.3) is 21.6 Å². The average molecular weight is 238 g/mol. The van der Waals surface area contributed by atoms with E-state index >= 15 is 0 Å². The Balaban J connectivity index is 2.20. The van der Waals surface area contributed by atoms with Crippen LogP contribution in [0, 0.1) is 0 Å². The molecule has 0 N–H and O–H groups in total. The van der Waals surface area contributed by atoms with Crippen molar-refractivity contribution in [1.82, 2.24) is 4.98 Å². The van der Waals surface area contributed by atoms with Crippen LogP contribution in [0.2, 0.25) is 0 Å². The Labute approximate surface area is 104 Å². The molecule has 18 heavy (non-hydrogen) atoms. The number of pyridine rings is 1. The summed E-state index contributed by atoms with van der Waals surface area (Å²) in [4.78, 5) is 18.2. The van der Waals surface area contributed by atoms with E-state index in [-0.39, 0.29) is 12.3 Å². The molecule has 5 nitrogen and oxygen atoms in total. The maximum absolute atomic E-state index is 11.6. The first kappa shape index (κ1) is 11.8. The SMILES string of the molecule is [N-]=[N+]=NCC(=O)c1ccc(-c2cccnc2)cc1. The number of carbonyl (C=O) groups excluding carboxylic acids is 1. The van der Waals surface area contributed by atoms with Crippen LogP contribution in [0.4, 0.5) is 0 Å². The molecule has 0 aliphatic rings. The summed E-state index contributed by atoms with van der Waals surface area (Å²) in [7, 11) is 0. The minimum Gasteiger partial charge on any atom is -0.294 e. The molecule has 2 aromatic rings. The number of nitrogens with zero attached hydrogens (tertiary/aromatic N) is 4. The average Bonchev–Trinajstić information content (AvgIpc) is 2.46. The first-order chi connectivity index (χ1) is 8.81. The van der Waals surface area contributed by atoms with Gasteiger partial charge in [-0.3, -0.25) is 9.78 Å². The Kier molecular flexibility index (Phi) is 3.69. The first-order valence-corrected chi connectivity index (χ1v) is 5.36. The van der Waals surface area contributed by atoms with E-state index in [2.05, 4.69) is 15.0 Å². The number of benzene rings is 1. The Morgan fingerprint density at radius 3 is 2.61 bits per heavy atom. The lowest BCUT2D eigenvalue weighted by Gasteiger charge is -2.02. The largest absolute Gasteiger partial charge is 0.294 e. The number of carbonyl (C=O) groups is 1. The molecular formula is C13H10N4O. The second-order valence-corrected chi connectivity index (χ2v) is 3.63. The lowest BCUT2D eigenvalue weighted by atomic mass is 10.0. The van der Waals surface area contributed by atoms with Crippen LogP contribution < -0.4 is 0 Å².